The average molecular weight is 789 g/mol. The van der Waals surface area contributed by atoms with Crippen LogP contribution in [0, 0.1) is 0 Å². The lowest BCUT2D eigenvalue weighted by Crippen LogP contribution is -2.27. The van der Waals surface area contributed by atoms with Gasteiger partial charge in [-0.25, -0.2) is 0 Å². The number of aliphatic hydroxyl groups excluding tert-OH is 1. The molecule has 0 aliphatic heterocycles. The van der Waals surface area contributed by atoms with Crippen molar-refractivity contribution in [3.8, 4) is 0 Å². The van der Waals surface area contributed by atoms with E-state index in [2.05, 4.69) is 38.2 Å². The van der Waals surface area contributed by atoms with Crippen molar-refractivity contribution in [2.75, 3.05) is 19.8 Å². The van der Waals surface area contributed by atoms with Crippen LogP contribution < -0.4 is 0 Å². The first-order valence-electron chi connectivity index (χ1n) is 25.4. The van der Waals surface area contributed by atoms with Crippen LogP contribution in [0.4, 0.5) is 0 Å². The molecule has 4 nitrogen and oxygen atoms in total. The largest absolute Gasteiger partial charge is 0.457 e. The Labute approximate surface area is 351 Å². The van der Waals surface area contributed by atoms with Gasteiger partial charge in [0.1, 0.15) is 6.10 Å². The normalized spacial score (nSPS) is 12.4. The van der Waals surface area contributed by atoms with Crippen LogP contribution in [0.1, 0.15) is 277 Å². The molecule has 0 amide bonds. The summed E-state index contributed by atoms with van der Waals surface area (Å²) in [6.07, 6.45) is 62.7. The summed E-state index contributed by atoms with van der Waals surface area (Å²) in [5.41, 5.74) is 0. The van der Waals surface area contributed by atoms with Crippen molar-refractivity contribution >= 4 is 5.97 Å². The van der Waals surface area contributed by atoms with Crippen LogP contribution in [-0.4, -0.2) is 37.0 Å². The highest BCUT2D eigenvalue weighted by molar-refractivity contribution is 5.69. The monoisotopic (exact) mass is 789 g/mol. The summed E-state index contributed by atoms with van der Waals surface area (Å²) in [5, 5.41) is 9.64. The van der Waals surface area contributed by atoms with Gasteiger partial charge in [0.15, 0.2) is 0 Å². The van der Waals surface area contributed by atoms with E-state index in [-0.39, 0.29) is 12.6 Å². The van der Waals surface area contributed by atoms with Crippen LogP contribution >= 0.6 is 0 Å². The Morgan fingerprint density at radius 2 is 0.696 bits per heavy atom. The van der Waals surface area contributed by atoms with E-state index in [0.29, 0.717) is 19.6 Å². The Morgan fingerprint density at radius 1 is 0.411 bits per heavy atom. The molecule has 0 rings (SSSR count). The third kappa shape index (κ3) is 47.2. The molecule has 56 heavy (non-hydrogen) atoms. The molecular formula is C52H100O4. The Bertz CT molecular complexity index is 792. The van der Waals surface area contributed by atoms with Crippen LogP contribution in [0.25, 0.3) is 0 Å². The zero-order valence-corrected chi connectivity index (χ0v) is 38.2. The molecule has 0 aromatic carbocycles. The van der Waals surface area contributed by atoms with Gasteiger partial charge < -0.3 is 14.6 Å². The van der Waals surface area contributed by atoms with Crippen molar-refractivity contribution in [2.45, 2.75) is 283 Å². The zero-order valence-electron chi connectivity index (χ0n) is 38.2. The quantitative estimate of drug-likeness (QED) is 0.0379. The van der Waals surface area contributed by atoms with Gasteiger partial charge in [-0.3, -0.25) is 4.79 Å². The van der Waals surface area contributed by atoms with Crippen molar-refractivity contribution in [1.29, 1.82) is 0 Å². The highest BCUT2D eigenvalue weighted by Gasteiger charge is 2.13. The third-order valence-corrected chi connectivity index (χ3v) is 11.5. The number of unbranched alkanes of at least 4 members (excludes halogenated alkanes) is 36. The molecule has 0 fully saturated rings. The summed E-state index contributed by atoms with van der Waals surface area (Å²) >= 11 is 0. The van der Waals surface area contributed by atoms with Crippen LogP contribution in [0.2, 0.25) is 0 Å². The SMILES string of the molecule is CCCCCCCCC/C=C\CCCCCCCCCCOCC(CO)OC(=O)CCCCCCCCCCCCCCC/C=C\CCCCCCCCCC. The maximum Gasteiger partial charge on any atom is 0.306 e. The van der Waals surface area contributed by atoms with Gasteiger partial charge in [0.25, 0.3) is 0 Å². The predicted molar refractivity (Wildman–Crippen MR) is 247 cm³/mol. The van der Waals surface area contributed by atoms with E-state index in [1.54, 1.807) is 0 Å². The lowest BCUT2D eigenvalue weighted by atomic mass is 10.0. The Morgan fingerprint density at radius 3 is 1.02 bits per heavy atom. The first-order chi connectivity index (χ1) is 27.7. The maximum absolute atomic E-state index is 12.3. The molecule has 0 aliphatic carbocycles. The van der Waals surface area contributed by atoms with Gasteiger partial charge in [-0.1, -0.05) is 231 Å². The van der Waals surface area contributed by atoms with Gasteiger partial charge in [0.2, 0.25) is 0 Å². The zero-order chi connectivity index (χ0) is 40.5. The standard InChI is InChI=1S/C52H100O4/c1-3-5-7-9-11-13-15-17-19-21-23-24-25-26-27-28-29-31-33-35-37-39-41-43-45-47-52(54)56-51(49-53)50-55-48-46-44-42-40-38-36-34-32-30-22-20-18-16-14-12-10-8-6-4-2/h20-23,51,53H,3-19,24-50H2,1-2H3/b22-20-,23-21-. The van der Waals surface area contributed by atoms with E-state index in [1.165, 1.54) is 238 Å². The van der Waals surface area contributed by atoms with Crippen molar-refractivity contribution in [2.24, 2.45) is 0 Å². The number of carbonyl (C=O) groups excluding carboxylic acids is 1. The highest BCUT2D eigenvalue weighted by atomic mass is 16.6. The van der Waals surface area contributed by atoms with Crippen molar-refractivity contribution in [3.05, 3.63) is 24.3 Å². The van der Waals surface area contributed by atoms with Crippen LogP contribution in [-0.2, 0) is 14.3 Å². The molecule has 1 unspecified atom stereocenters. The Hall–Kier alpha value is -1.13. The number of esters is 1. The molecule has 332 valence electrons. The second kappa shape index (κ2) is 50.0. The van der Waals surface area contributed by atoms with E-state index in [4.69, 9.17) is 9.47 Å². The fourth-order valence-electron chi connectivity index (χ4n) is 7.67. The van der Waals surface area contributed by atoms with Crippen molar-refractivity contribution in [3.63, 3.8) is 0 Å². The van der Waals surface area contributed by atoms with E-state index < -0.39 is 6.10 Å². The number of carbonyl (C=O) groups is 1. The fourth-order valence-corrected chi connectivity index (χ4v) is 7.67. The number of hydrogen-bond acceptors (Lipinski definition) is 4. The second-order valence-electron chi connectivity index (χ2n) is 17.2. The van der Waals surface area contributed by atoms with E-state index in [9.17, 15) is 9.90 Å². The number of aliphatic hydroxyl groups is 1. The molecule has 0 aromatic heterocycles. The summed E-state index contributed by atoms with van der Waals surface area (Å²) in [4.78, 5) is 12.3. The molecular weight excluding hydrogens is 689 g/mol. The molecule has 0 radical (unpaired) electrons. The molecule has 0 saturated heterocycles. The maximum atomic E-state index is 12.3. The first kappa shape index (κ1) is 54.9. The Balaban J connectivity index is 3.37. The summed E-state index contributed by atoms with van der Waals surface area (Å²) in [5.74, 6) is -0.197. The number of ether oxygens (including phenoxy) is 2. The van der Waals surface area contributed by atoms with Gasteiger partial charge >= 0.3 is 5.97 Å². The minimum absolute atomic E-state index is 0.169. The highest BCUT2D eigenvalue weighted by Crippen LogP contribution is 2.16. The number of allylic oxidation sites excluding steroid dienone is 4. The van der Waals surface area contributed by atoms with Crippen molar-refractivity contribution < 1.29 is 19.4 Å². The summed E-state index contributed by atoms with van der Waals surface area (Å²) in [6, 6.07) is 0. The van der Waals surface area contributed by atoms with Gasteiger partial charge in [0, 0.05) is 13.0 Å². The Kier molecular flexibility index (Phi) is 49.0. The molecule has 0 bridgehead atoms. The molecule has 0 heterocycles. The van der Waals surface area contributed by atoms with E-state index in [0.717, 1.165) is 19.3 Å². The fraction of sp³-hybridized carbons (Fsp3) is 0.904. The number of hydrogen-bond donors (Lipinski definition) is 1. The lowest BCUT2D eigenvalue weighted by molar-refractivity contribution is -0.154. The summed E-state index contributed by atoms with van der Waals surface area (Å²) in [7, 11) is 0. The molecule has 0 saturated carbocycles. The van der Waals surface area contributed by atoms with Gasteiger partial charge in [-0.05, 0) is 64.2 Å². The smallest absolute Gasteiger partial charge is 0.306 e. The second-order valence-corrected chi connectivity index (χ2v) is 17.2. The minimum atomic E-state index is -0.533. The average Bonchev–Trinajstić information content (AvgIpc) is 3.20. The van der Waals surface area contributed by atoms with Crippen LogP contribution in [0.15, 0.2) is 24.3 Å². The minimum Gasteiger partial charge on any atom is -0.457 e. The molecule has 0 aromatic rings. The van der Waals surface area contributed by atoms with Crippen LogP contribution in [0.5, 0.6) is 0 Å². The van der Waals surface area contributed by atoms with Crippen molar-refractivity contribution in [1.82, 2.24) is 0 Å². The van der Waals surface area contributed by atoms with E-state index >= 15 is 0 Å². The van der Waals surface area contributed by atoms with E-state index in [1.807, 2.05) is 0 Å². The lowest BCUT2D eigenvalue weighted by Gasteiger charge is -2.16. The first-order valence-corrected chi connectivity index (χ1v) is 25.4. The van der Waals surface area contributed by atoms with Gasteiger partial charge in [-0.2, -0.15) is 0 Å². The van der Waals surface area contributed by atoms with Gasteiger partial charge in [-0.15, -0.1) is 0 Å². The topological polar surface area (TPSA) is 55.8 Å². The molecule has 0 aliphatic rings. The number of rotatable bonds is 48. The third-order valence-electron chi connectivity index (χ3n) is 11.5. The summed E-state index contributed by atoms with van der Waals surface area (Å²) in [6.45, 7) is 5.38. The predicted octanol–water partition coefficient (Wildman–Crippen LogP) is 17.1. The van der Waals surface area contributed by atoms with Crippen LogP contribution in [0.3, 0.4) is 0 Å². The molecule has 1 atom stereocenters. The van der Waals surface area contributed by atoms with Gasteiger partial charge in [0.05, 0.1) is 13.2 Å². The molecule has 0 spiro atoms. The molecule has 4 heteroatoms. The summed E-state index contributed by atoms with van der Waals surface area (Å²) < 4.78 is 11.2. The molecule has 1 N–H and O–H groups in total.